The summed E-state index contributed by atoms with van der Waals surface area (Å²) >= 11 is 1.52. The number of terminal acetylenes is 1. The van der Waals surface area contributed by atoms with Gasteiger partial charge in [0, 0.05) is 5.54 Å². The highest BCUT2D eigenvalue weighted by Gasteiger charge is 2.41. The number of hydrogen-bond donors (Lipinski definition) is 3. The lowest BCUT2D eigenvalue weighted by atomic mass is 10.3. The van der Waals surface area contributed by atoms with Crippen LogP contribution in [0.2, 0.25) is 0 Å². The van der Waals surface area contributed by atoms with Gasteiger partial charge in [0.15, 0.2) is 5.50 Å². The maximum atomic E-state index is 13.0. The SMILES string of the molecule is C#CCn1c(=O)n(C2NNC(C)S2)c2cc(S(=O)(=O)NC3(C)CC3)ccc21. The van der Waals surface area contributed by atoms with Gasteiger partial charge in [-0.05, 0) is 44.9 Å². The van der Waals surface area contributed by atoms with E-state index < -0.39 is 10.0 Å². The fourth-order valence-corrected chi connectivity index (χ4v) is 5.62. The fraction of sp³-hybridized carbons (Fsp3) is 0.471. The number of hydrazine groups is 1. The number of nitrogens with zero attached hydrogens (tertiary/aromatic N) is 2. The number of aromatic nitrogens is 2. The van der Waals surface area contributed by atoms with Crippen molar-refractivity contribution in [3.63, 3.8) is 0 Å². The Kier molecular flexibility index (Phi) is 4.40. The zero-order valence-electron chi connectivity index (χ0n) is 15.0. The van der Waals surface area contributed by atoms with E-state index in [1.165, 1.54) is 22.4 Å². The van der Waals surface area contributed by atoms with Gasteiger partial charge < -0.3 is 0 Å². The number of fused-ring (bicyclic) bond motifs is 1. The van der Waals surface area contributed by atoms with E-state index in [1.54, 1.807) is 16.7 Å². The molecule has 2 aromatic rings. The molecule has 2 aliphatic rings. The van der Waals surface area contributed by atoms with Crippen LogP contribution in [-0.2, 0) is 16.6 Å². The van der Waals surface area contributed by atoms with Gasteiger partial charge in [-0.25, -0.2) is 28.8 Å². The first kappa shape index (κ1) is 18.6. The quantitative estimate of drug-likeness (QED) is 0.638. The summed E-state index contributed by atoms with van der Waals surface area (Å²) in [6.07, 6.45) is 7.07. The summed E-state index contributed by atoms with van der Waals surface area (Å²) in [6, 6.07) is 4.71. The summed E-state index contributed by atoms with van der Waals surface area (Å²) in [5.41, 5.74) is 6.25. The Morgan fingerprint density at radius 2 is 2.11 bits per heavy atom. The predicted octanol–water partition coefficient (Wildman–Crippen LogP) is 0.910. The minimum absolute atomic E-state index is 0.108. The van der Waals surface area contributed by atoms with Crippen molar-refractivity contribution < 1.29 is 8.42 Å². The van der Waals surface area contributed by atoms with E-state index in [2.05, 4.69) is 21.5 Å². The van der Waals surface area contributed by atoms with Crippen molar-refractivity contribution in [1.29, 1.82) is 0 Å². The summed E-state index contributed by atoms with van der Waals surface area (Å²) in [7, 11) is -3.67. The lowest BCUT2D eigenvalue weighted by Crippen LogP contribution is -2.35. The molecule has 1 aliphatic carbocycles. The Hall–Kier alpha value is -1.77. The van der Waals surface area contributed by atoms with Gasteiger partial charge in [-0.3, -0.25) is 9.13 Å². The highest BCUT2D eigenvalue weighted by molar-refractivity contribution is 8.00. The van der Waals surface area contributed by atoms with E-state index in [0.29, 0.717) is 11.0 Å². The lowest BCUT2D eigenvalue weighted by Gasteiger charge is -2.14. The van der Waals surface area contributed by atoms with Gasteiger partial charge in [-0.15, -0.1) is 6.42 Å². The molecule has 0 amide bonds. The van der Waals surface area contributed by atoms with Crippen molar-refractivity contribution in [1.82, 2.24) is 24.7 Å². The van der Waals surface area contributed by atoms with Gasteiger partial charge in [-0.2, -0.15) is 0 Å². The summed E-state index contributed by atoms with van der Waals surface area (Å²) < 4.78 is 31.3. The Morgan fingerprint density at radius 1 is 1.37 bits per heavy atom. The molecule has 1 aromatic heterocycles. The van der Waals surface area contributed by atoms with Gasteiger partial charge in [0.2, 0.25) is 10.0 Å². The second kappa shape index (κ2) is 6.39. The molecule has 1 saturated carbocycles. The van der Waals surface area contributed by atoms with Gasteiger partial charge in [0.25, 0.3) is 0 Å². The van der Waals surface area contributed by atoms with E-state index in [-0.39, 0.29) is 33.5 Å². The van der Waals surface area contributed by atoms with Gasteiger partial charge >= 0.3 is 5.69 Å². The Bertz CT molecular complexity index is 1110. The molecular weight excluding hydrogens is 386 g/mol. The molecule has 1 saturated heterocycles. The van der Waals surface area contributed by atoms with Crippen LogP contribution >= 0.6 is 11.8 Å². The molecule has 4 rings (SSSR count). The van der Waals surface area contributed by atoms with Gasteiger partial charge in [-0.1, -0.05) is 17.7 Å². The van der Waals surface area contributed by atoms with Gasteiger partial charge in [0.05, 0.1) is 27.8 Å². The number of rotatable bonds is 5. The van der Waals surface area contributed by atoms with Crippen LogP contribution in [0.25, 0.3) is 11.0 Å². The average Bonchev–Trinajstić information content (AvgIpc) is 3.05. The molecule has 1 aromatic carbocycles. The largest absolute Gasteiger partial charge is 0.332 e. The summed E-state index contributed by atoms with van der Waals surface area (Å²) in [5, 5.41) is 0.108. The molecule has 144 valence electrons. The minimum atomic E-state index is -3.67. The van der Waals surface area contributed by atoms with Crippen molar-refractivity contribution in [2.75, 3.05) is 0 Å². The van der Waals surface area contributed by atoms with Crippen LogP contribution in [0, 0.1) is 12.3 Å². The van der Waals surface area contributed by atoms with Crippen LogP contribution in [0.4, 0.5) is 0 Å². The number of sulfonamides is 1. The normalized spacial score (nSPS) is 24.2. The first-order chi connectivity index (χ1) is 12.7. The van der Waals surface area contributed by atoms with E-state index in [4.69, 9.17) is 6.42 Å². The van der Waals surface area contributed by atoms with Crippen LogP contribution < -0.4 is 21.3 Å². The second-order valence-corrected chi connectivity index (χ2v) is 10.3. The van der Waals surface area contributed by atoms with Crippen molar-refractivity contribution in [2.45, 2.75) is 54.5 Å². The zero-order chi connectivity index (χ0) is 19.4. The topological polar surface area (TPSA) is 97.2 Å². The second-order valence-electron chi connectivity index (χ2n) is 7.18. The molecule has 27 heavy (non-hydrogen) atoms. The molecule has 2 unspecified atom stereocenters. The number of imidazole rings is 1. The van der Waals surface area contributed by atoms with Gasteiger partial charge in [0.1, 0.15) is 0 Å². The third-order valence-electron chi connectivity index (χ3n) is 4.85. The first-order valence-corrected chi connectivity index (χ1v) is 11.1. The number of nitrogens with one attached hydrogen (secondary N) is 3. The highest BCUT2D eigenvalue weighted by Crippen LogP contribution is 2.36. The molecule has 2 heterocycles. The number of thioether (sulfide) groups is 1. The fourth-order valence-electron chi connectivity index (χ4n) is 3.15. The highest BCUT2D eigenvalue weighted by atomic mass is 32.2. The maximum Gasteiger partial charge on any atom is 0.332 e. The summed E-state index contributed by atoms with van der Waals surface area (Å²) in [6.45, 7) is 3.97. The number of hydrogen-bond acceptors (Lipinski definition) is 6. The van der Waals surface area contributed by atoms with Crippen LogP contribution in [0.3, 0.4) is 0 Å². The van der Waals surface area contributed by atoms with E-state index in [9.17, 15) is 13.2 Å². The average molecular weight is 408 g/mol. The van der Waals surface area contributed by atoms with Crippen LogP contribution in [0.5, 0.6) is 0 Å². The lowest BCUT2D eigenvalue weighted by molar-refractivity contribution is 0.478. The molecule has 1 aliphatic heterocycles. The van der Waals surface area contributed by atoms with Crippen molar-refractivity contribution >= 4 is 32.8 Å². The molecule has 3 N–H and O–H groups in total. The molecule has 0 bridgehead atoms. The van der Waals surface area contributed by atoms with Crippen molar-refractivity contribution in [2.24, 2.45) is 0 Å². The zero-order valence-corrected chi connectivity index (χ0v) is 16.7. The third-order valence-corrected chi connectivity index (χ3v) is 7.60. The Labute approximate surface area is 161 Å². The summed E-state index contributed by atoms with van der Waals surface area (Å²) in [5.74, 6) is 2.49. The predicted molar refractivity (Wildman–Crippen MR) is 105 cm³/mol. The maximum absolute atomic E-state index is 13.0. The monoisotopic (exact) mass is 407 g/mol. The molecule has 2 fully saturated rings. The van der Waals surface area contributed by atoms with Crippen LogP contribution in [0.1, 0.15) is 32.2 Å². The summed E-state index contributed by atoms with van der Waals surface area (Å²) in [4.78, 5) is 13.1. The standard InChI is InChI=1S/C17H21N5O3S2/c1-4-9-21-13-6-5-12(27(24,25)20-17(3)7-8-17)10-14(13)22(16(21)23)15-19-18-11(2)26-15/h1,5-6,10-11,15,18-20H,7-9H2,2-3H3. The van der Waals surface area contributed by atoms with Crippen LogP contribution in [-0.4, -0.2) is 28.5 Å². The Balaban J connectivity index is 1.86. The molecule has 0 spiro atoms. The Morgan fingerprint density at radius 3 is 2.70 bits per heavy atom. The molecule has 8 nitrogen and oxygen atoms in total. The molecule has 0 radical (unpaired) electrons. The van der Waals surface area contributed by atoms with E-state index >= 15 is 0 Å². The number of benzene rings is 1. The molecule has 10 heteroatoms. The van der Waals surface area contributed by atoms with Crippen molar-refractivity contribution in [3.8, 4) is 12.3 Å². The minimum Gasteiger partial charge on any atom is -0.280 e. The van der Waals surface area contributed by atoms with Crippen molar-refractivity contribution in [3.05, 3.63) is 28.7 Å². The molecule has 2 atom stereocenters. The first-order valence-electron chi connectivity index (χ1n) is 8.63. The van der Waals surface area contributed by atoms with E-state index in [0.717, 1.165) is 12.8 Å². The third kappa shape index (κ3) is 3.30. The smallest absolute Gasteiger partial charge is 0.280 e. The molecular formula is C17H21N5O3S2. The van der Waals surface area contributed by atoms with Crippen LogP contribution in [0.15, 0.2) is 27.9 Å². The van der Waals surface area contributed by atoms with E-state index in [1.807, 2.05) is 13.8 Å².